The Hall–Kier alpha value is -3.44. The molecule has 5 heteroatoms. The van der Waals surface area contributed by atoms with Gasteiger partial charge in [-0.3, -0.25) is 14.9 Å². The van der Waals surface area contributed by atoms with Crippen LogP contribution in [0.1, 0.15) is 16.8 Å². The normalized spacial score (nSPS) is 11.0. The smallest absolute Gasteiger partial charge is 0.127 e. The molecule has 0 unspecified atom stereocenters. The fourth-order valence-corrected chi connectivity index (χ4v) is 3.56. The van der Waals surface area contributed by atoms with E-state index < -0.39 is 0 Å². The van der Waals surface area contributed by atoms with Gasteiger partial charge in [0.2, 0.25) is 0 Å². The number of ether oxygens (including phenoxy) is 2. The van der Waals surface area contributed by atoms with Crippen LogP contribution in [-0.2, 0) is 19.6 Å². The van der Waals surface area contributed by atoms with Crippen LogP contribution in [0.4, 0.5) is 0 Å². The standard InChI is InChI=1S/C25H25N3O2/c1-29-23-10-8-21(25(15-23)30-2)17-28(16-19-11-13-26-14-12-19)18-22-9-7-20-5-3-4-6-24(20)27-22/h3-15H,16-18H2,1-2H3. The van der Waals surface area contributed by atoms with Crippen LogP contribution in [0, 0.1) is 0 Å². The van der Waals surface area contributed by atoms with Gasteiger partial charge in [-0.15, -0.1) is 0 Å². The van der Waals surface area contributed by atoms with Gasteiger partial charge in [-0.25, -0.2) is 0 Å². The highest BCUT2D eigenvalue weighted by molar-refractivity contribution is 5.78. The number of benzene rings is 2. The third-order valence-electron chi connectivity index (χ3n) is 5.09. The molecule has 0 bridgehead atoms. The summed E-state index contributed by atoms with van der Waals surface area (Å²) in [6.45, 7) is 2.23. The summed E-state index contributed by atoms with van der Waals surface area (Å²) in [7, 11) is 3.35. The van der Waals surface area contributed by atoms with Crippen LogP contribution in [0.2, 0.25) is 0 Å². The number of pyridine rings is 2. The molecule has 0 aliphatic heterocycles. The van der Waals surface area contributed by atoms with E-state index in [-0.39, 0.29) is 0 Å². The van der Waals surface area contributed by atoms with Gasteiger partial charge in [0.25, 0.3) is 0 Å². The quantitative estimate of drug-likeness (QED) is 0.424. The van der Waals surface area contributed by atoms with E-state index >= 15 is 0 Å². The highest BCUT2D eigenvalue weighted by Gasteiger charge is 2.13. The minimum atomic E-state index is 0.725. The highest BCUT2D eigenvalue weighted by atomic mass is 16.5. The summed E-state index contributed by atoms with van der Waals surface area (Å²) in [4.78, 5) is 11.4. The first-order chi connectivity index (χ1) is 14.7. The van der Waals surface area contributed by atoms with E-state index in [0.29, 0.717) is 0 Å². The molecule has 0 N–H and O–H groups in total. The van der Waals surface area contributed by atoms with Crippen LogP contribution in [0.15, 0.2) is 79.1 Å². The third-order valence-corrected chi connectivity index (χ3v) is 5.09. The molecule has 0 atom stereocenters. The number of fused-ring (bicyclic) bond motifs is 1. The predicted octanol–water partition coefficient (Wildman–Crippen LogP) is 4.85. The van der Waals surface area contributed by atoms with Crippen LogP contribution in [0.5, 0.6) is 11.5 Å². The minimum Gasteiger partial charge on any atom is -0.497 e. The van der Waals surface area contributed by atoms with Gasteiger partial charge in [0, 0.05) is 49.0 Å². The molecule has 2 heterocycles. The van der Waals surface area contributed by atoms with Crippen molar-refractivity contribution in [1.82, 2.24) is 14.9 Å². The van der Waals surface area contributed by atoms with Gasteiger partial charge < -0.3 is 9.47 Å². The van der Waals surface area contributed by atoms with Gasteiger partial charge in [-0.2, -0.15) is 0 Å². The van der Waals surface area contributed by atoms with Gasteiger partial charge in [0.05, 0.1) is 25.4 Å². The number of nitrogens with zero attached hydrogens (tertiary/aromatic N) is 3. The third kappa shape index (κ3) is 4.75. The van der Waals surface area contributed by atoms with E-state index in [9.17, 15) is 0 Å². The van der Waals surface area contributed by atoms with Gasteiger partial charge in [0.15, 0.2) is 0 Å². The summed E-state index contributed by atoms with van der Waals surface area (Å²) >= 11 is 0. The summed E-state index contributed by atoms with van der Waals surface area (Å²) in [5.41, 5.74) is 4.36. The fraction of sp³-hybridized carbons (Fsp3) is 0.200. The first-order valence-electron chi connectivity index (χ1n) is 9.92. The van der Waals surface area contributed by atoms with Gasteiger partial charge >= 0.3 is 0 Å². The van der Waals surface area contributed by atoms with Crippen molar-refractivity contribution in [3.63, 3.8) is 0 Å². The second-order valence-corrected chi connectivity index (χ2v) is 7.17. The molecule has 0 radical (unpaired) electrons. The van der Waals surface area contributed by atoms with Crippen LogP contribution in [-0.4, -0.2) is 29.1 Å². The monoisotopic (exact) mass is 399 g/mol. The lowest BCUT2D eigenvalue weighted by molar-refractivity contribution is 0.240. The van der Waals surface area contributed by atoms with Crippen molar-refractivity contribution in [1.29, 1.82) is 0 Å². The molecular weight excluding hydrogens is 374 g/mol. The van der Waals surface area contributed by atoms with Crippen molar-refractivity contribution in [3.8, 4) is 11.5 Å². The van der Waals surface area contributed by atoms with E-state index in [0.717, 1.165) is 53.3 Å². The number of aromatic nitrogens is 2. The zero-order valence-electron chi connectivity index (χ0n) is 17.3. The first kappa shape index (κ1) is 19.9. The Balaban J connectivity index is 1.62. The number of rotatable bonds is 8. The van der Waals surface area contributed by atoms with E-state index in [1.807, 2.05) is 48.8 Å². The van der Waals surface area contributed by atoms with Crippen LogP contribution < -0.4 is 9.47 Å². The minimum absolute atomic E-state index is 0.725. The maximum absolute atomic E-state index is 5.61. The Kier molecular flexibility index (Phi) is 6.20. The molecule has 5 nitrogen and oxygen atoms in total. The second-order valence-electron chi connectivity index (χ2n) is 7.17. The molecule has 0 aliphatic carbocycles. The zero-order chi connectivity index (χ0) is 20.8. The SMILES string of the molecule is COc1ccc(CN(Cc2ccncc2)Cc2ccc3ccccc3n2)c(OC)c1. The van der Waals surface area contributed by atoms with Crippen molar-refractivity contribution < 1.29 is 9.47 Å². The Morgan fingerprint density at radius 2 is 1.63 bits per heavy atom. The average molecular weight is 399 g/mol. The summed E-state index contributed by atoms with van der Waals surface area (Å²) in [6.07, 6.45) is 3.66. The molecule has 152 valence electrons. The molecule has 0 saturated heterocycles. The van der Waals surface area contributed by atoms with Gasteiger partial charge in [-0.05, 0) is 35.9 Å². The Bertz CT molecular complexity index is 1120. The molecule has 4 aromatic rings. The average Bonchev–Trinajstić information content (AvgIpc) is 2.80. The number of hydrogen-bond donors (Lipinski definition) is 0. The molecule has 30 heavy (non-hydrogen) atoms. The topological polar surface area (TPSA) is 47.5 Å². The van der Waals surface area contributed by atoms with Crippen molar-refractivity contribution in [3.05, 3.63) is 95.9 Å². The fourth-order valence-electron chi connectivity index (χ4n) is 3.56. The summed E-state index contributed by atoms with van der Waals surface area (Å²) < 4.78 is 11.0. The molecular formula is C25H25N3O2. The van der Waals surface area contributed by atoms with E-state index in [1.54, 1.807) is 14.2 Å². The van der Waals surface area contributed by atoms with Crippen molar-refractivity contribution in [2.45, 2.75) is 19.6 Å². The maximum Gasteiger partial charge on any atom is 0.127 e. The van der Waals surface area contributed by atoms with Crippen molar-refractivity contribution >= 4 is 10.9 Å². The number of hydrogen-bond acceptors (Lipinski definition) is 5. The molecule has 4 rings (SSSR count). The molecule has 2 aromatic carbocycles. The summed E-state index contributed by atoms with van der Waals surface area (Å²) in [5, 5.41) is 1.15. The van der Waals surface area contributed by atoms with E-state index in [4.69, 9.17) is 14.5 Å². The summed E-state index contributed by atoms with van der Waals surface area (Å²) in [5.74, 6) is 1.60. The second kappa shape index (κ2) is 9.37. The lowest BCUT2D eigenvalue weighted by Gasteiger charge is -2.23. The van der Waals surface area contributed by atoms with Crippen LogP contribution in [0.25, 0.3) is 10.9 Å². The lowest BCUT2D eigenvalue weighted by atomic mass is 10.1. The Morgan fingerprint density at radius 1 is 0.800 bits per heavy atom. The largest absolute Gasteiger partial charge is 0.497 e. The molecule has 0 saturated carbocycles. The Morgan fingerprint density at radius 3 is 2.43 bits per heavy atom. The number of methoxy groups -OCH3 is 2. The first-order valence-corrected chi connectivity index (χ1v) is 9.92. The molecule has 2 aromatic heterocycles. The maximum atomic E-state index is 5.61. The lowest BCUT2D eigenvalue weighted by Crippen LogP contribution is -2.23. The van der Waals surface area contributed by atoms with E-state index in [1.165, 1.54) is 5.56 Å². The molecule has 0 amide bonds. The highest BCUT2D eigenvalue weighted by Crippen LogP contribution is 2.27. The predicted molar refractivity (Wildman–Crippen MR) is 118 cm³/mol. The molecule has 0 spiro atoms. The van der Waals surface area contributed by atoms with Crippen molar-refractivity contribution in [2.24, 2.45) is 0 Å². The van der Waals surface area contributed by atoms with Crippen LogP contribution >= 0.6 is 0 Å². The molecule has 0 fully saturated rings. The number of para-hydroxylation sites is 1. The van der Waals surface area contributed by atoms with Crippen LogP contribution in [0.3, 0.4) is 0 Å². The van der Waals surface area contributed by atoms with Gasteiger partial charge in [-0.1, -0.05) is 30.3 Å². The van der Waals surface area contributed by atoms with Gasteiger partial charge in [0.1, 0.15) is 11.5 Å². The summed E-state index contributed by atoms with van der Waals surface area (Å²) in [6, 6.07) is 22.5. The van der Waals surface area contributed by atoms with E-state index in [2.05, 4.69) is 40.2 Å². The molecule has 0 aliphatic rings. The zero-order valence-corrected chi connectivity index (χ0v) is 17.3. The van der Waals surface area contributed by atoms with Crippen molar-refractivity contribution in [2.75, 3.05) is 14.2 Å². The Labute approximate surface area is 176 Å².